The molecule has 0 N–H and O–H groups in total. The number of rotatable bonds is 8. The number of para-hydroxylation sites is 2. The molecule has 2 fully saturated rings. The topological polar surface area (TPSA) is 66.5 Å². The van der Waals surface area contributed by atoms with Crippen LogP contribution in [-0.4, -0.2) is 63.0 Å². The first kappa shape index (κ1) is 21.2. The summed E-state index contributed by atoms with van der Waals surface area (Å²) in [4.78, 5) is 15.5. The number of benzene rings is 1. The van der Waals surface area contributed by atoms with Crippen LogP contribution >= 0.6 is 0 Å². The molecule has 0 aromatic heterocycles. The van der Waals surface area contributed by atoms with Crippen molar-refractivity contribution >= 4 is 5.78 Å². The molecule has 0 radical (unpaired) electrons. The van der Waals surface area contributed by atoms with Crippen LogP contribution in [0.5, 0.6) is 11.5 Å². The van der Waals surface area contributed by atoms with Gasteiger partial charge in [-0.05, 0) is 38.3 Å². The van der Waals surface area contributed by atoms with Gasteiger partial charge in [0, 0.05) is 32.7 Å². The van der Waals surface area contributed by atoms with Crippen molar-refractivity contribution in [3.05, 3.63) is 36.3 Å². The maximum atomic E-state index is 13.2. The smallest absolute Gasteiger partial charge is 0.208 e. The van der Waals surface area contributed by atoms with Crippen LogP contribution in [0.25, 0.3) is 0 Å². The van der Waals surface area contributed by atoms with Crippen LogP contribution in [0.2, 0.25) is 0 Å². The lowest BCUT2D eigenvalue weighted by Crippen LogP contribution is -2.57. The van der Waals surface area contributed by atoms with Crippen molar-refractivity contribution in [1.29, 1.82) is 0 Å². The molecular weight excluding hydrogens is 386 g/mol. The number of fused-ring (bicyclic) bond motifs is 3. The Morgan fingerprint density at radius 3 is 2.83 bits per heavy atom. The average molecular weight is 418 g/mol. The van der Waals surface area contributed by atoms with E-state index < -0.39 is 0 Å². The first-order valence-corrected chi connectivity index (χ1v) is 10.8. The number of allylic oxidation sites excluding steroid dienone is 1. The van der Waals surface area contributed by atoms with E-state index in [9.17, 15) is 4.79 Å². The molecule has 1 saturated carbocycles. The van der Waals surface area contributed by atoms with Gasteiger partial charge in [0.15, 0.2) is 11.5 Å². The summed E-state index contributed by atoms with van der Waals surface area (Å²) in [6, 6.07) is 7.37. The van der Waals surface area contributed by atoms with Gasteiger partial charge in [0.2, 0.25) is 11.5 Å². The second-order valence-corrected chi connectivity index (χ2v) is 8.03. The molecule has 1 aromatic carbocycles. The second kappa shape index (κ2) is 9.81. The van der Waals surface area contributed by atoms with Crippen LogP contribution in [0.15, 0.2) is 36.3 Å². The third-order valence-electron chi connectivity index (χ3n) is 6.10. The van der Waals surface area contributed by atoms with Crippen molar-refractivity contribution in [1.82, 2.24) is 4.90 Å². The van der Waals surface area contributed by atoms with Gasteiger partial charge >= 0.3 is 0 Å². The number of methoxy groups -OCH3 is 1. The van der Waals surface area contributed by atoms with Crippen LogP contribution < -0.4 is 9.47 Å². The third kappa shape index (κ3) is 4.48. The molecule has 4 unspecified atom stereocenters. The molecule has 0 amide bonds. The SMILES string of the molecule is CCOc1ccccc1OC1=COC2C(CCC3OCN(CCCOC)CC32)C1=O. The van der Waals surface area contributed by atoms with Gasteiger partial charge in [-0.3, -0.25) is 9.69 Å². The summed E-state index contributed by atoms with van der Waals surface area (Å²) in [5, 5.41) is 0. The zero-order chi connectivity index (χ0) is 20.9. The van der Waals surface area contributed by atoms with Crippen LogP contribution in [0.3, 0.4) is 0 Å². The van der Waals surface area contributed by atoms with Crippen molar-refractivity contribution < 1.29 is 28.5 Å². The molecule has 30 heavy (non-hydrogen) atoms. The van der Waals surface area contributed by atoms with E-state index >= 15 is 0 Å². The lowest BCUT2D eigenvalue weighted by molar-refractivity contribution is -0.173. The Labute approximate surface area is 177 Å². The maximum Gasteiger partial charge on any atom is 0.208 e. The van der Waals surface area contributed by atoms with E-state index in [2.05, 4.69) is 4.90 Å². The summed E-state index contributed by atoms with van der Waals surface area (Å²) in [5.41, 5.74) is 0. The molecule has 1 aromatic rings. The molecule has 4 rings (SSSR count). The molecule has 164 valence electrons. The Bertz CT molecular complexity index is 764. The molecule has 4 atom stereocenters. The number of ketones is 1. The maximum absolute atomic E-state index is 13.2. The van der Waals surface area contributed by atoms with E-state index in [0.29, 0.717) is 24.8 Å². The first-order valence-electron chi connectivity index (χ1n) is 10.8. The van der Waals surface area contributed by atoms with E-state index in [1.54, 1.807) is 13.2 Å². The molecule has 1 aliphatic carbocycles. The molecule has 2 heterocycles. The van der Waals surface area contributed by atoms with Crippen molar-refractivity contribution in [3.8, 4) is 11.5 Å². The fourth-order valence-corrected chi connectivity index (χ4v) is 4.66. The fourth-order valence-electron chi connectivity index (χ4n) is 4.66. The molecular formula is C23H31NO6. The molecule has 2 aliphatic heterocycles. The minimum Gasteiger partial charge on any atom is -0.493 e. The summed E-state index contributed by atoms with van der Waals surface area (Å²) < 4.78 is 28.9. The quantitative estimate of drug-likeness (QED) is 0.603. The molecule has 1 saturated heterocycles. The van der Waals surface area contributed by atoms with Gasteiger partial charge in [-0.1, -0.05) is 12.1 Å². The normalized spacial score (nSPS) is 28.7. The Morgan fingerprint density at radius 1 is 1.20 bits per heavy atom. The van der Waals surface area contributed by atoms with Gasteiger partial charge in [-0.15, -0.1) is 0 Å². The van der Waals surface area contributed by atoms with E-state index in [1.807, 2.05) is 25.1 Å². The molecule has 7 heteroatoms. The number of carbonyl (C=O) groups is 1. The number of Topliss-reactive ketones (excluding diaryl/α,β-unsaturated/α-hetero) is 1. The molecule has 3 aliphatic rings. The highest BCUT2D eigenvalue weighted by Gasteiger charge is 2.49. The highest BCUT2D eigenvalue weighted by molar-refractivity contribution is 5.96. The van der Waals surface area contributed by atoms with Gasteiger partial charge in [0.05, 0.1) is 25.4 Å². The monoisotopic (exact) mass is 417 g/mol. The summed E-state index contributed by atoms with van der Waals surface area (Å²) in [6.07, 6.45) is 4.04. The van der Waals surface area contributed by atoms with Crippen molar-refractivity contribution in [2.75, 3.05) is 40.1 Å². The number of hydrogen-bond donors (Lipinski definition) is 0. The highest BCUT2D eigenvalue weighted by atomic mass is 16.5. The first-order chi connectivity index (χ1) is 14.7. The average Bonchev–Trinajstić information content (AvgIpc) is 2.77. The lowest BCUT2D eigenvalue weighted by Gasteiger charge is -2.48. The van der Waals surface area contributed by atoms with Gasteiger partial charge in [-0.25, -0.2) is 0 Å². The highest BCUT2D eigenvalue weighted by Crippen LogP contribution is 2.41. The summed E-state index contributed by atoms with van der Waals surface area (Å²) in [6.45, 7) is 5.60. The van der Waals surface area contributed by atoms with Crippen molar-refractivity contribution in [2.24, 2.45) is 11.8 Å². The summed E-state index contributed by atoms with van der Waals surface area (Å²) in [5.74, 6) is 1.38. The van der Waals surface area contributed by atoms with Crippen LogP contribution in [0.4, 0.5) is 0 Å². The molecule has 7 nitrogen and oxygen atoms in total. The predicted molar refractivity (Wildman–Crippen MR) is 110 cm³/mol. The van der Waals surface area contributed by atoms with Crippen molar-refractivity contribution in [3.63, 3.8) is 0 Å². The number of ether oxygens (including phenoxy) is 5. The minimum absolute atomic E-state index is 0.00695. The minimum atomic E-state index is -0.201. The zero-order valence-corrected chi connectivity index (χ0v) is 17.7. The second-order valence-electron chi connectivity index (χ2n) is 8.03. The summed E-state index contributed by atoms with van der Waals surface area (Å²) >= 11 is 0. The Kier molecular flexibility index (Phi) is 6.92. The molecule has 0 bridgehead atoms. The lowest BCUT2D eigenvalue weighted by atomic mass is 9.73. The number of hydrogen-bond acceptors (Lipinski definition) is 7. The Hall–Kier alpha value is -2.09. The molecule has 0 spiro atoms. The predicted octanol–water partition coefficient (Wildman–Crippen LogP) is 2.99. The van der Waals surface area contributed by atoms with Crippen LogP contribution in [0.1, 0.15) is 26.2 Å². The van der Waals surface area contributed by atoms with E-state index in [-0.39, 0.29) is 35.6 Å². The van der Waals surface area contributed by atoms with Gasteiger partial charge < -0.3 is 23.7 Å². The van der Waals surface area contributed by atoms with Gasteiger partial charge in [0.1, 0.15) is 12.4 Å². The fraction of sp³-hybridized carbons (Fsp3) is 0.609. The standard InChI is InChI=1S/C23H31NO6/c1-3-27-19-7-4-5-8-20(19)30-21-14-28-23-16(22(21)25)9-10-18-17(23)13-24(15-29-18)11-6-12-26-2/h4-5,7-8,14,16-18,23H,3,6,9-13,15H2,1-2H3. The van der Waals surface area contributed by atoms with Crippen LogP contribution in [-0.2, 0) is 19.0 Å². The number of carbonyl (C=O) groups excluding carboxylic acids is 1. The van der Waals surface area contributed by atoms with E-state index in [4.69, 9.17) is 23.7 Å². The largest absolute Gasteiger partial charge is 0.493 e. The van der Waals surface area contributed by atoms with E-state index in [0.717, 1.165) is 39.0 Å². The van der Waals surface area contributed by atoms with Crippen molar-refractivity contribution in [2.45, 2.75) is 38.4 Å². The van der Waals surface area contributed by atoms with Gasteiger partial charge in [0.25, 0.3) is 0 Å². The number of nitrogens with zero attached hydrogens (tertiary/aromatic N) is 1. The van der Waals surface area contributed by atoms with Crippen LogP contribution in [0, 0.1) is 11.8 Å². The third-order valence-corrected chi connectivity index (χ3v) is 6.10. The Morgan fingerprint density at radius 2 is 2.03 bits per heavy atom. The van der Waals surface area contributed by atoms with Gasteiger partial charge in [-0.2, -0.15) is 0 Å². The van der Waals surface area contributed by atoms with E-state index in [1.165, 1.54) is 6.26 Å². The zero-order valence-electron chi connectivity index (χ0n) is 17.7. The summed E-state index contributed by atoms with van der Waals surface area (Å²) in [7, 11) is 1.72. The Balaban J connectivity index is 1.45.